The third-order valence-electron chi connectivity index (χ3n) is 2.64. The highest BCUT2D eigenvalue weighted by Gasteiger charge is 2.18. The first kappa shape index (κ1) is 15.7. The smallest absolute Gasteiger partial charge is 0.263 e. The molecule has 112 valence electrons. The molecule has 21 heavy (non-hydrogen) atoms. The molecule has 3 N–H and O–H groups in total. The van der Waals surface area contributed by atoms with Gasteiger partial charge in [0.25, 0.3) is 10.0 Å². The van der Waals surface area contributed by atoms with Gasteiger partial charge in [0.1, 0.15) is 10.6 Å². The number of anilines is 2. The summed E-state index contributed by atoms with van der Waals surface area (Å²) in [5.74, 6) is 0.601. The standard InChI is InChI=1S/C14H15BrN2O3S/c1-2-20-12-5-3-4-11(9-12)17-21(18,19)14-8-10(16)6-7-13(14)15/h3-9,17H,2,16H2,1H3. The highest BCUT2D eigenvalue weighted by Crippen LogP contribution is 2.27. The Kier molecular flexibility index (Phi) is 4.74. The molecular formula is C14H15BrN2O3S. The molecule has 0 saturated carbocycles. The van der Waals surface area contributed by atoms with Gasteiger partial charge in [0.2, 0.25) is 0 Å². The Labute approximate surface area is 132 Å². The molecule has 0 amide bonds. The fourth-order valence-electron chi connectivity index (χ4n) is 1.75. The second-order valence-electron chi connectivity index (χ2n) is 4.26. The molecule has 7 heteroatoms. The maximum absolute atomic E-state index is 12.4. The molecule has 0 saturated heterocycles. The van der Waals surface area contributed by atoms with Crippen LogP contribution in [0.5, 0.6) is 5.75 Å². The van der Waals surface area contributed by atoms with E-state index in [1.54, 1.807) is 36.4 Å². The van der Waals surface area contributed by atoms with Crippen molar-refractivity contribution in [1.82, 2.24) is 0 Å². The largest absolute Gasteiger partial charge is 0.494 e. The van der Waals surface area contributed by atoms with E-state index < -0.39 is 10.0 Å². The molecular weight excluding hydrogens is 356 g/mol. The molecule has 0 fully saturated rings. The summed E-state index contributed by atoms with van der Waals surface area (Å²) in [5.41, 5.74) is 6.45. The topological polar surface area (TPSA) is 81.4 Å². The van der Waals surface area contributed by atoms with Gasteiger partial charge < -0.3 is 10.5 Å². The van der Waals surface area contributed by atoms with Crippen molar-refractivity contribution in [1.29, 1.82) is 0 Å². The van der Waals surface area contributed by atoms with E-state index in [0.717, 1.165) is 0 Å². The molecule has 0 unspecified atom stereocenters. The van der Waals surface area contributed by atoms with E-state index in [0.29, 0.717) is 28.2 Å². The van der Waals surface area contributed by atoms with Crippen molar-refractivity contribution < 1.29 is 13.2 Å². The number of halogens is 1. The molecule has 2 aromatic rings. The zero-order valence-corrected chi connectivity index (χ0v) is 13.7. The van der Waals surface area contributed by atoms with E-state index in [1.807, 2.05) is 6.92 Å². The van der Waals surface area contributed by atoms with Crippen LogP contribution in [0.1, 0.15) is 6.92 Å². The Bertz CT molecular complexity index is 748. The average molecular weight is 371 g/mol. The van der Waals surface area contributed by atoms with Crippen molar-refractivity contribution in [3.05, 3.63) is 46.9 Å². The summed E-state index contributed by atoms with van der Waals surface area (Å²) in [4.78, 5) is 0.0873. The van der Waals surface area contributed by atoms with Gasteiger partial charge in [-0.2, -0.15) is 0 Å². The number of sulfonamides is 1. The maximum Gasteiger partial charge on any atom is 0.263 e. The van der Waals surface area contributed by atoms with E-state index in [2.05, 4.69) is 20.7 Å². The van der Waals surface area contributed by atoms with Crippen LogP contribution in [0.4, 0.5) is 11.4 Å². The number of hydrogen-bond donors (Lipinski definition) is 2. The molecule has 5 nitrogen and oxygen atoms in total. The molecule has 0 aromatic heterocycles. The van der Waals surface area contributed by atoms with E-state index in [-0.39, 0.29) is 4.90 Å². The number of hydrogen-bond acceptors (Lipinski definition) is 4. The molecule has 0 bridgehead atoms. The first-order chi connectivity index (χ1) is 9.92. The number of nitrogens with two attached hydrogens (primary N) is 1. The zero-order chi connectivity index (χ0) is 15.5. The summed E-state index contributed by atoms with van der Waals surface area (Å²) >= 11 is 3.22. The van der Waals surface area contributed by atoms with Gasteiger partial charge in [-0.15, -0.1) is 0 Å². The van der Waals surface area contributed by atoms with Crippen LogP contribution < -0.4 is 15.2 Å². The summed E-state index contributed by atoms with van der Waals surface area (Å²) in [6.07, 6.45) is 0. The predicted molar refractivity (Wildman–Crippen MR) is 87.0 cm³/mol. The molecule has 0 radical (unpaired) electrons. The number of ether oxygens (including phenoxy) is 1. The first-order valence-electron chi connectivity index (χ1n) is 6.23. The Morgan fingerprint density at radius 3 is 2.71 bits per heavy atom. The predicted octanol–water partition coefficient (Wildman–Crippen LogP) is 3.23. The van der Waals surface area contributed by atoms with Gasteiger partial charge in [-0.3, -0.25) is 4.72 Å². The molecule has 2 rings (SSSR count). The SMILES string of the molecule is CCOc1cccc(NS(=O)(=O)c2cc(N)ccc2Br)c1. The number of nitrogen functional groups attached to an aromatic ring is 1. The summed E-state index contributed by atoms with van der Waals surface area (Å²) < 4.78 is 33.1. The minimum atomic E-state index is -3.73. The van der Waals surface area contributed by atoms with Gasteiger partial charge in [0.05, 0.1) is 12.3 Å². The molecule has 0 atom stereocenters. The second-order valence-corrected chi connectivity index (χ2v) is 6.76. The molecule has 2 aromatic carbocycles. The van der Waals surface area contributed by atoms with Gasteiger partial charge in [-0.1, -0.05) is 6.07 Å². The van der Waals surface area contributed by atoms with E-state index >= 15 is 0 Å². The molecule has 0 aliphatic carbocycles. The van der Waals surface area contributed by atoms with Crippen molar-refractivity contribution in [2.45, 2.75) is 11.8 Å². The van der Waals surface area contributed by atoms with Gasteiger partial charge in [-0.25, -0.2) is 8.42 Å². The molecule has 0 aliphatic heterocycles. The lowest BCUT2D eigenvalue weighted by Crippen LogP contribution is -2.14. The molecule has 0 spiro atoms. The quantitative estimate of drug-likeness (QED) is 0.791. The highest BCUT2D eigenvalue weighted by molar-refractivity contribution is 9.10. The van der Waals surface area contributed by atoms with Crippen LogP contribution in [-0.2, 0) is 10.0 Å². The lowest BCUT2D eigenvalue weighted by atomic mass is 10.3. The zero-order valence-electron chi connectivity index (χ0n) is 11.3. The van der Waals surface area contributed by atoms with Crippen molar-refractivity contribution in [2.75, 3.05) is 17.1 Å². The Hall–Kier alpha value is -1.73. The fraction of sp³-hybridized carbons (Fsp3) is 0.143. The van der Waals surface area contributed by atoms with E-state index in [4.69, 9.17) is 10.5 Å². The van der Waals surface area contributed by atoms with Crippen molar-refractivity contribution in [2.24, 2.45) is 0 Å². The summed E-state index contributed by atoms with van der Waals surface area (Å²) in [6.45, 7) is 2.37. The second kappa shape index (κ2) is 6.36. The minimum Gasteiger partial charge on any atom is -0.494 e. The number of rotatable bonds is 5. The van der Waals surface area contributed by atoms with Crippen molar-refractivity contribution in [3.8, 4) is 5.75 Å². The Morgan fingerprint density at radius 1 is 1.24 bits per heavy atom. The molecule has 0 aliphatic rings. The number of benzene rings is 2. The Morgan fingerprint density at radius 2 is 2.00 bits per heavy atom. The lowest BCUT2D eigenvalue weighted by molar-refractivity contribution is 0.340. The van der Waals surface area contributed by atoms with Crippen LogP contribution in [0, 0.1) is 0 Å². The number of nitrogens with one attached hydrogen (secondary N) is 1. The lowest BCUT2D eigenvalue weighted by Gasteiger charge is -2.11. The van der Waals surface area contributed by atoms with Crippen LogP contribution >= 0.6 is 15.9 Å². The minimum absolute atomic E-state index is 0.0873. The van der Waals surface area contributed by atoms with Gasteiger partial charge in [0.15, 0.2) is 0 Å². The van der Waals surface area contributed by atoms with Crippen LogP contribution in [0.3, 0.4) is 0 Å². The van der Waals surface area contributed by atoms with Crippen molar-refractivity contribution in [3.63, 3.8) is 0 Å². The maximum atomic E-state index is 12.4. The van der Waals surface area contributed by atoms with Crippen LogP contribution in [0.25, 0.3) is 0 Å². The third-order valence-corrected chi connectivity index (χ3v) is 5.02. The summed E-state index contributed by atoms with van der Waals surface area (Å²) in [6, 6.07) is 11.4. The van der Waals surface area contributed by atoms with Crippen LogP contribution in [-0.4, -0.2) is 15.0 Å². The highest BCUT2D eigenvalue weighted by atomic mass is 79.9. The average Bonchev–Trinajstić information content (AvgIpc) is 2.42. The molecule has 0 heterocycles. The Balaban J connectivity index is 2.33. The van der Waals surface area contributed by atoms with E-state index in [1.165, 1.54) is 6.07 Å². The first-order valence-corrected chi connectivity index (χ1v) is 8.50. The third kappa shape index (κ3) is 3.89. The normalized spacial score (nSPS) is 11.1. The van der Waals surface area contributed by atoms with Gasteiger partial charge in [0, 0.05) is 16.2 Å². The monoisotopic (exact) mass is 370 g/mol. The van der Waals surface area contributed by atoms with Gasteiger partial charge in [-0.05, 0) is 53.2 Å². The fourth-order valence-corrected chi connectivity index (χ4v) is 3.80. The van der Waals surface area contributed by atoms with Gasteiger partial charge >= 0.3 is 0 Å². The summed E-state index contributed by atoms with van der Waals surface area (Å²) in [5, 5.41) is 0. The van der Waals surface area contributed by atoms with Crippen LogP contribution in [0.2, 0.25) is 0 Å². The van der Waals surface area contributed by atoms with Crippen LogP contribution in [0.15, 0.2) is 51.8 Å². The van der Waals surface area contributed by atoms with Crippen molar-refractivity contribution >= 4 is 37.3 Å². The summed E-state index contributed by atoms with van der Waals surface area (Å²) in [7, 11) is -3.73. The van der Waals surface area contributed by atoms with E-state index in [9.17, 15) is 8.42 Å².